The Morgan fingerprint density at radius 2 is 1.55 bits per heavy atom. The lowest BCUT2D eigenvalue weighted by Gasteiger charge is -2.25. The van der Waals surface area contributed by atoms with Crippen LogP contribution in [0.1, 0.15) is 26.4 Å². The lowest BCUT2D eigenvalue weighted by molar-refractivity contribution is -0.274. The summed E-state index contributed by atoms with van der Waals surface area (Å²) in [5.41, 5.74) is 2.24. The van der Waals surface area contributed by atoms with Gasteiger partial charge >= 0.3 is 12.5 Å². The number of halogens is 7. The molecule has 40 heavy (non-hydrogen) atoms. The maximum absolute atomic E-state index is 15.0. The second-order valence-electron chi connectivity index (χ2n) is 9.05. The summed E-state index contributed by atoms with van der Waals surface area (Å²) in [6, 6.07) is 5.06. The number of nitrogens with one attached hydrogen (secondary N) is 1. The summed E-state index contributed by atoms with van der Waals surface area (Å²) in [5.74, 6) is -6.45. The first kappa shape index (κ1) is 30.2. The Kier molecular flexibility index (Phi) is 8.31. The number of primary amides is 1. The largest absolute Gasteiger partial charge is 0.573 e. The van der Waals surface area contributed by atoms with Gasteiger partial charge in [-0.2, -0.15) is 13.2 Å². The van der Waals surface area contributed by atoms with E-state index in [1.54, 1.807) is 0 Å². The molecular weight excluding hydrogens is 552 g/mol. The molecule has 0 bridgehead atoms. The fourth-order valence-electron chi connectivity index (χ4n) is 3.18. The molecule has 1 heterocycles. The molecule has 3 N–H and O–H groups in total. The number of carbonyl (C=O) groups excluding carboxylic acids is 2. The average molecular weight is 569 g/mol. The van der Waals surface area contributed by atoms with E-state index < -0.39 is 69.6 Å². The van der Waals surface area contributed by atoms with E-state index in [1.165, 1.54) is 29.6 Å². The van der Waals surface area contributed by atoms with Crippen molar-refractivity contribution in [1.29, 1.82) is 0 Å². The van der Waals surface area contributed by atoms with E-state index in [-0.39, 0.29) is 17.4 Å². The molecule has 208 valence electrons. The van der Waals surface area contributed by atoms with Gasteiger partial charge in [0.15, 0.2) is 11.5 Å². The van der Waals surface area contributed by atoms with Crippen LogP contribution in [-0.4, -0.2) is 52.0 Å². The standard InChI is InChI=1S/C22H17B3F7N3O5/c23-21(24,25)40-15-8-11(39-22(30,31)32)1-2-14(15)38-16-6-9(20(27,28)29)5-12(26)17(16)19(37)35-10-3-4-34-13(7-10)18(33)36/h1-8H,23-25H2,(H2,33,36)(H,34,35,37). The second-order valence-corrected chi connectivity index (χ2v) is 9.05. The molecule has 0 spiro atoms. The summed E-state index contributed by atoms with van der Waals surface area (Å²) in [6.45, 7) is 0. The lowest BCUT2D eigenvalue weighted by atomic mass is 9.52. The van der Waals surface area contributed by atoms with Crippen molar-refractivity contribution in [2.24, 2.45) is 5.73 Å². The van der Waals surface area contributed by atoms with Gasteiger partial charge in [0.1, 0.15) is 52.1 Å². The Bertz CT molecular complexity index is 1450. The van der Waals surface area contributed by atoms with Crippen molar-refractivity contribution in [3.63, 3.8) is 0 Å². The fourth-order valence-corrected chi connectivity index (χ4v) is 3.18. The number of alkyl halides is 6. The summed E-state index contributed by atoms with van der Waals surface area (Å²) >= 11 is 0. The molecule has 0 aliphatic heterocycles. The van der Waals surface area contributed by atoms with E-state index in [2.05, 4.69) is 15.0 Å². The molecule has 2 aromatic carbocycles. The Labute approximate surface area is 224 Å². The highest BCUT2D eigenvalue weighted by atomic mass is 19.4. The van der Waals surface area contributed by atoms with E-state index in [0.29, 0.717) is 6.07 Å². The molecule has 8 nitrogen and oxygen atoms in total. The number of ether oxygens (including phenoxy) is 3. The molecule has 0 fully saturated rings. The van der Waals surface area contributed by atoms with Crippen molar-refractivity contribution >= 4 is 41.0 Å². The molecule has 1 aromatic heterocycles. The Hall–Kier alpha value is -4.37. The van der Waals surface area contributed by atoms with Gasteiger partial charge in [-0.15, -0.1) is 13.2 Å². The van der Waals surface area contributed by atoms with Crippen LogP contribution in [0.25, 0.3) is 0 Å². The van der Waals surface area contributed by atoms with Crippen LogP contribution < -0.4 is 25.3 Å². The highest BCUT2D eigenvalue weighted by molar-refractivity contribution is 6.58. The molecule has 2 amide bonds. The van der Waals surface area contributed by atoms with Gasteiger partial charge in [-0.3, -0.25) is 14.6 Å². The molecule has 0 radical (unpaired) electrons. The van der Waals surface area contributed by atoms with E-state index in [4.69, 9.17) is 15.2 Å². The van der Waals surface area contributed by atoms with Gasteiger partial charge in [0, 0.05) is 23.2 Å². The first-order valence-corrected chi connectivity index (χ1v) is 11.1. The number of nitrogens with two attached hydrogens (primary N) is 1. The zero-order valence-corrected chi connectivity index (χ0v) is 20.8. The number of carbonyl (C=O) groups is 2. The Balaban J connectivity index is 2.11. The molecule has 0 saturated heterocycles. The maximum Gasteiger partial charge on any atom is 0.573 e. The predicted octanol–water partition coefficient (Wildman–Crippen LogP) is 2.17. The number of benzene rings is 2. The predicted molar refractivity (Wildman–Crippen MR) is 134 cm³/mol. The summed E-state index contributed by atoms with van der Waals surface area (Å²) in [5, 5.41) is 1.15. The monoisotopic (exact) mass is 569 g/mol. The van der Waals surface area contributed by atoms with E-state index >= 15 is 4.39 Å². The quantitative estimate of drug-likeness (QED) is 0.318. The smallest absolute Gasteiger partial charge is 0.510 e. The van der Waals surface area contributed by atoms with Crippen molar-refractivity contribution in [3.8, 4) is 23.0 Å². The van der Waals surface area contributed by atoms with Gasteiger partial charge in [0.2, 0.25) is 0 Å². The van der Waals surface area contributed by atoms with Crippen molar-refractivity contribution in [2.75, 3.05) is 5.32 Å². The van der Waals surface area contributed by atoms with E-state index in [0.717, 1.165) is 30.5 Å². The van der Waals surface area contributed by atoms with Gasteiger partial charge in [-0.05, 0) is 36.4 Å². The summed E-state index contributed by atoms with van der Waals surface area (Å²) in [7, 11) is 4.56. The van der Waals surface area contributed by atoms with Crippen molar-refractivity contribution < 1.29 is 54.5 Å². The zero-order chi connectivity index (χ0) is 30.0. The normalized spacial score (nSPS) is 12.0. The van der Waals surface area contributed by atoms with Crippen LogP contribution in [0.2, 0.25) is 0 Å². The molecule has 3 aromatic rings. The van der Waals surface area contributed by atoms with Crippen molar-refractivity contribution in [2.45, 2.75) is 17.8 Å². The number of amides is 2. The summed E-state index contributed by atoms with van der Waals surface area (Å²) < 4.78 is 109. The van der Waals surface area contributed by atoms with Crippen LogP contribution >= 0.6 is 0 Å². The fraction of sp³-hybridized carbons (Fsp3) is 0.136. The Morgan fingerprint density at radius 3 is 2.12 bits per heavy atom. The third kappa shape index (κ3) is 8.07. The van der Waals surface area contributed by atoms with Gasteiger partial charge in [-0.1, -0.05) is 0 Å². The van der Waals surface area contributed by atoms with Crippen LogP contribution in [0.3, 0.4) is 0 Å². The van der Waals surface area contributed by atoms with Crippen molar-refractivity contribution in [3.05, 3.63) is 71.3 Å². The van der Waals surface area contributed by atoms with Gasteiger partial charge in [-0.25, -0.2) is 4.39 Å². The van der Waals surface area contributed by atoms with Crippen LogP contribution in [0, 0.1) is 5.82 Å². The SMILES string of the molecule is BC(B)(B)Oc1cc(OC(F)(F)F)ccc1Oc1cc(C(F)(F)F)cc(F)c1C(=O)Nc1ccnc(C(N)=O)c1. The number of hydrogen-bond donors (Lipinski definition) is 2. The second kappa shape index (κ2) is 11.0. The summed E-state index contributed by atoms with van der Waals surface area (Å²) in [6.07, 6.45) is -9.04. The van der Waals surface area contributed by atoms with Gasteiger partial charge in [0.05, 0.1) is 5.56 Å². The van der Waals surface area contributed by atoms with Gasteiger partial charge < -0.3 is 25.3 Å². The van der Waals surface area contributed by atoms with Crippen LogP contribution in [0.5, 0.6) is 23.0 Å². The highest BCUT2D eigenvalue weighted by Crippen LogP contribution is 2.41. The molecule has 0 atom stereocenters. The van der Waals surface area contributed by atoms with Gasteiger partial charge in [0.25, 0.3) is 11.8 Å². The molecule has 0 aliphatic rings. The van der Waals surface area contributed by atoms with E-state index in [1.807, 2.05) is 0 Å². The molecule has 0 saturated carbocycles. The highest BCUT2D eigenvalue weighted by Gasteiger charge is 2.35. The first-order chi connectivity index (χ1) is 18.3. The van der Waals surface area contributed by atoms with E-state index in [9.17, 15) is 35.9 Å². The molecule has 3 rings (SSSR count). The van der Waals surface area contributed by atoms with Crippen LogP contribution in [0.4, 0.5) is 36.4 Å². The summed E-state index contributed by atoms with van der Waals surface area (Å²) in [4.78, 5) is 28.0. The number of pyridine rings is 1. The third-order valence-electron chi connectivity index (χ3n) is 4.66. The molecular formula is C22H17B3F7N3O5. The number of aromatic nitrogens is 1. The number of anilines is 1. The third-order valence-corrected chi connectivity index (χ3v) is 4.66. The molecule has 0 unspecified atom stereocenters. The van der Waals surface area contributed by atoms with Crippen LogP contribution in [0.15, 0.2) is 48.7 Å². The minimum Gasteiger partial charge on any atom is -0.510 e. The Morgan fingerprint density at radius 1 is 0.875 bits per heavy atom. The minimum atomic E-state index is -5.07. The number of nitrogens with zero attached hydrogens (tertiary/aromatic N) is 1. The first-order valence-electron chi connectivity index (χ1n) is 11.1. The molecule has 0 aliphatic carbocycles. The van der Waals surface area contributed by atoms with Crippen molar-refractivity contribution in [1.82, 2.24) is 4.98 Å². The number of rotatable bonds is 8. The average Bonchev–Trinajstić information content (AvgIpc) is 2.78. The maximum atomic E-state index is 15.0. The molecule has 18 heteroatoms. The lowest BCUT2D eigenvalue weighted by Crippen LogP contribution is -2.37. The minimum absolute atomic E-state index is 0.0655. The topological polar surface area (TPSA) is 113 Å². The number of hydrogen-bond acceptors (Lipinski definition) is 6. The van der Waals surface area contributed by atoms with Crippen LogP contribution in [-0.2, 0) is 6.18 Å². The zero-order valence-electron chi connectivity index (χ0n) is 20.8.